The number of halogens is 1. The first-order valence-corrected chi connectivity index (χ1v) is 8.96. The van der Waals surface area contributed by atoms with Crippen LogP contribution < -0.4 is 5.11 Å². The molecule has 0 N–H and O–H groups in total. The summed E-state index contributed by atoms with van der Waals surface area (Å²) in [5.41, 5.74) is 1.85. The second kappa shape index (κ2) is 7.17. The third-order valence-electron chi connectivity index (χ3n) is 3.02. The lowest BCUT2D eigenvalue weighted by Crippen LogP contribution is -2.24. The number of aliphatic carboxylic acids is 1. The molecule has 0 atom stereocenters. The number of thiazole rings is 1. The number of hydrogen-bond donors (Lipinski definition) is 0. The molecule has 0 radical (unpaired) electrons. The maximum absolute atomic E-state index is 10.8. The Kier molecular flexibility index (Phi) is 5.00. The van der Waals surface area contributed by atoms with Gasteiger partial charge < -0.3 is 9.90 Å². The molecule has 1 aromatic heterocycles. The van der Waals surface area contributed by atoms with Crippen LogP contribution in [0.15, 0.2) is 48.5 Å². The highest BCUT2D eigenvalue weighted by atomic mass is 35.5. The molecule has 2 aromatic carbocycles. The molecule has 116 valence electrons. The number of thioether (sulfide) groups is 1. The Bertz CT molecular complexity index is 839. The van der Waals surface area contributed by atoms with Crippen LogP contribution in [0, 0.1) is 0 Å². The average molecular weight is 361 g/mol. The summed E-state index contributed by atoms with van der Waals surface area (Å²) >= 11 is 8.65. The minimum Gasteiger partial charge on any atom is -0.549 e. The number of carbonyl (C=O) groups excluding carboxylic acids is 1. The standard InChI is InChI=1S/C17H12ClNO2S2/c18-12-7-5-11(6-8-12)9-15(22-10-16(20)21)17-19-13-3-1-2-4-14(13)23-17/h1-9H,10H2,(H,20,21)/p-1/b15-9-. The summed E-state index contributed by atoms with van der Waals surface area (Å²) in [4.78, 5) is 16.2. The van der Waals surface area contributed by atoms with Crippen molar-refractivity contribution in [2.75, 3.05) is 5.75 Å². The van der Waals surface area contributed by atoms with Crippen LogP contribution in [-0.2, 0) is 4.79 Å². The van der Waals surface area contributed by atoms with E-state index in [-0.39, 0.29) is 5.75 Å². The van der Waals surface area contributed by atoms with Crippen molar-refractivity contribution in [1.82, 2.24) is 4.98 Å². The van der Waals surface area contributed by atoms with E-state index in [0.29, 0.717) is 5.02 Å². The molecule has 0 saturated carbocycles. The molecule has 0 unspecified atom stereocenters. The maximum atomic E-state index is 10.8. The number of rotatable bonds is 5. The van der Waals surface area contributed by atoms with Crippen molar-refractivity contribution in [3.63, 3.8) is 0 Å². The fourth-order valence-electron chi connectivity index (χ4n) is 1.99. The lowest BCUT2D eigenvalue weighted by molar-refractivity contribution is -0.301. The smallest absolute Gasteiger partial charge is 0.131 e. The molecule has 3 aromatic rings. The average Bonchev–Trinajstić information content (AvgIpc) is 2.97. The topological polar surface area (TPSA) is 53.0 Å². The SMILES string of the molecule is O=C([O-])CS/C(=C\c1ccc(Cl)cc1)c1nc2ccccc2s1. The largest absolute Gasteiger partial charge is 0.549 e. The van der Waals surface area contributed by atoms with E-state index in [1.165, 1.54) is 23.1 Å². The summed E-state index contributed by atoms with van der Waals surface area (Å²) in [5, 5.41) is 12.3. The Morgan fingerprint density at radius 3 is 2.65 bits per heavy atom. The van der Waals surface area contributed by atoms with E-state index < -0.39 is 5.97 Å². The number of nitrogens with zero attached hydrogens (tertiary/aromatic N) is 1. The lowest BCUT2D eigenvalue weighted by atomic mass is 10.2. The zero-order valence-electron chi connectivity index (χ0n) is 11.9. The van der Waals surface area contributed by atoms with Gasteiger partial charge in [-0.05, 0) is 35.9 Å². The predicted octanol–water partition coefficient (Wildman–Crippen LogP) is 3.93. The van der Waals surface area contributed by atoms with Crippen molar-refractivity contribution in [1.29, 1.82) is 0 Å². The highest BCUT2D eigenvalue weighted by Gasteiger charge is 2.10. The van der Waals surface area contributed by atoms with E-state index in [4.69, 9.17) is 11.6 Å². The molecule has 0 spiro atoms. The molecule has 0 fully saturated rings. The minimum atomic E-state index is -1.10. The van der Waals surface area contributed by atoms with Gasteiger partial charge in [-0.2, -0.15) is 0 Å². The van der Waals surface area contributed by atoms with E-state index >= 15 is 0 Å². The first-order valence-electron chi connectivity index (χ1n) is 6.78. The van der Waals surface area contributed by atoms with Crippen molar-refractivity contribution < 1.29 is 9.90 Å². The van der Waals surface area contributed by atoms with Crippen LogP contribution in [0.3, 0.4) is 0 Å². The molecule has 0 bridgehead atoms. The quantitative estimate of drug-likeness (QED) is 0.691. The van der Waals surface area contributed by atoms with Crippen LogP contribution in [0.4, 0.5) is 0 Å². The van der Waals surface area contributed by atoms with Crippen molar-refractivity contribution in [2.24, 2.45) is 0 Å². The van der Waals surface area contributed by atoms with Gasteiger partial charge in [0.2, 0.25) is 0 Å². The Morgan fingerprint density at radius 1 is 1.22 bits per heavy atom. The number of fused-ring (bicyclic) bond motifs is 1. The van der Waals surface area contributed by atoms with Crippen molar-refractivity contribution in [2.45, 2.75) is 0 Å². The second-order valence-electron chi connectivity index (χ2n) is 4.71. The zero-order valence-corrected chi connectivity index (χ0v) is 14.3. The molecular weight excluding hydrogens is 350 g/mol. The maximum Gasteiger partial charge on any atom is 0.131 e. The third kappa shape index (κ3) is 4.13. The number of aromatic nitrogens is 1. The van der Waals surface area contributed by atoms with Crippen molar-refractivity contribution >= 4 is 61.9 Å². The summed E-state index contributed by atoms with van der Waals surface area (Å²) in [6.45, 7) is 0. The first-order chi connectivity index (χ1) is 11.1. The molecule has 0 aliphatic heterocycles. The van der Waals surface area contributed by atoms with Crippen LogP contribution in [0.5, 0.6) is 0 Å². The van der Waals surface area contributed by atoms with Crippen LogP contribution in [0.2, 0.25) is 5.02 Å². The molecular formula is C17H11ClNO2S2-. The van der Waals surface area contributed by atoms with Gasteiger partial charge in [-0.15, -0.1) is 23.1 Å². The molecule has 1 heterocycles. The van der Waals surface area contributed by atoms with Gasteiger partial charge in [0, 0.05) is 15.7 Å². The molecule has 3 nitrogen and oxygen atoms in total. The number of benzene rings is 2. The molecule has 0 amide bonds. The number of carboxylic acids is 1. The fraction of sp³-hybridized carbons (Fsp3) is 0.0588. The van der Waals surface area contributed by atoms with E-state index in [0.717, 1.165) is 25.7 Å². The first kappa shape index (κ1) is 16.1. The van der Waals surface area contributed by atoms with Gasteiger partial charge >= 0.3 is 0 Å². The Balaban J connectivity index is 2.00. The number of para-hydroxylation sites is 1. The van der Waals surface area contributed by atoms with Crippen LogP contribution in [-0.4, -0.2) is 16.7 Å². The van der Waals surface area contributed by atoms with Crippen LogP contribution >= 0.6 is 34.7 Å². The summed E-state index contributed by atoms with van der Waals surface area (Å²) < 4.78 is 1.07. The van der Waals surface area contributed by atoms with Crippen LogP contribution in [0.25, 0.3) is 21.2 Å². The fourth-order valence-corrected chi connectivity index (χ4v) is 3.96. The molecule has 6 heteroatoms. The number of carboxylic acid groups (broad SMARTS) is 1. The molecule has 0 aliphatic rings. The van der Waals surface area contributed by atoms with Gasteiger partial charge in [-0.3, -0.25) is 0 Å². The molecule has 0 saturated heterocycles. The van der Waals surface area contributed by atoms with Gasteiger partial charge in [0.25, 0.3) is 0 Å². The highest BCUT2D eigenvalue weighted by Crippen LogP contribution is 2.35. The van der Waals surface area contributed by atoms with E-state index in [1.807, 2.05) is 42.5 Å². The second-order valence-corrected chi connectivity index (χ2v) is 7.19. The van der Waals surface area contributed by atoms with Gasteiger partial charge in [-0.1, -0.05) is 35.9 Å². The lowest BCUT2D eigenvalue weighted by Gasteiger charge is -2.05. The summed E-state index contributed by atoms with van der Waals surface area (Å²) in [6.07, 6.45) is 1.92. The van der Waals surface area contributed by atoms with Gasteiger partial charge in [-0.25, -0.2) is 4.98 Å². The van der Waals surface area contributed by atoms with Gasteiger partial charge in [0.1, 0.15) is 5.01 Å². The normalized spacial score (nSPS) is 11.8. The number of hydrogen-bond acceptors (Lipinski definition) is 5. The Labute approximate surface area is 146 Å². The highest BCUT2D eigenvalue weighted by molar-refractivity contribution is 8.09. The summed E-state index contributed by atoms with van der Waals surface area (Å²) in [5.74, 6) is -1.21. The van der Waals surface area contributed by atoms with Crippen LogP contribution in [0.1, 0.15) is 10.6 Å². The van der Waals surface area contributed by atoms with E-state index in [1.54, 1.807) is 12.1 Å². The van der Waals surface area contributed by atoms with Gasteiger partial charge in [0.15, 0.2) is 0 Å². The molecule has 23 heavy (non-hydrogen) atoms. The predicted molar refractivity (Wildman–Crippen MR) is 96.4 cm³/mol. The summed E-state index contributed by atoms with van der Waals surface area (Å²) in [7, 11) is 0. The Hall–Kier alpha value is -1.82. The number of carbonyl (C=O) groups is 1. The van der Waals surface area contributed by atoms with Gasteiger partial charge in [0.05, 0.1) is 16.2 Å². The van der Waals surface area contributed by atoms with Crippen molar-refractivity contribution in [3.8, 4) is 0 Å². The molecule has 3 rings (SSSR count). The summed E-state index contributed by atoms with van der Waals surface area (Å²) in [6, 6.07) is 15.2. The Morgan fingerprint density at radius 2 is 1.96 bits per heavy atom. The van der Waals surface area contributed by atoms with Crippen molar-refractivity contribution in [3.05, 3.63) is 64.1 Å². The third-order valence-corrected chi connectivity index (χ3v) is 5.47. The zero-order chi connectivity index (χ0) is 16.2. The van der Waals surface area contributed by atoms with E-state index in [2.05, 4.69) is 4.98 Å². The molecule has 0 aliphatic carbocycles. The monoisotopic (exact) mass is 360 g/mol. The minimum absolute atomic E-state index is 0.116. The van der Waals surface area contributed by atoms with E-state index in [9.17, 15) is 9.90 Å².